The van der Waals surface area contributed by atoms with Gasteiger partial charge in [0, 0.05) is 20.8 Å². The summed E-state index contributed by atoms with van der Waals surface area (Å²) in [5.41, 5.74) is 4.87. The zero-order chi connectivity index (χ0) is 19.7. The number of rotatable bonds is 3. The third kappa shape index (κ3) is 3.49. The summed E-state index contributed by atoms with van der Waals surface area (Å²) in [7, 11) is 0. The van der Waals surface area contributed by atoms with Gasteiger partial charge in [0.25, 0.3) is 0 Å². The quantitative estimate of drug-likeness (QED) is 0.477. The van der Waals surface area contributed by atoms with Gasteiger partial charge < -0.3 is 10.2 Å². The van der Waals surface area contributed by atoms with Crippen molar-refractivity contribution >= 4 is 39.0 Å². The number of fused-ring (bicyclic) bond motifs is 1. The predicted molar refractivity (Wildman–Crippen MR) is 120 cm³/mol. The lowest BCUT2D eigenvalue weighted by molar-refractivity contribution is 0.195. The van der Waals surface area contributed by atoms with Gasteiger partial charge in [-0.05, 0) is 64.5 Å². The number of thiophene rings is 1. The highest BCUT2D eigenvalue weighted by molar-refractivity contribution is 9.10. The van der Waals surface area contributed by atoms with Crippen molar-refractivity contribution < 1.29 is 4.79 Å². The number of hydrogen-bond donors (Lipinski definition) is 1. The largest absolute Gasteiger partial charge is 0.322 e. The molecule has 1 aromatic heterocycles. The smallest absolute Gasteiger partial charge is 0.312 e. The van der Waals surface area contributed by atoms with E-state index in [1.54, 1.807) is 0 Å². The van der Waals surface area contributed by atoms with E-state index in [4.69, 9.17) is 0 Å². The molecular formula is C23H23BrN2OS. The molecule has 0 unspecified atom stereocenters. The van der Waals surface area contributed by atoms with Crippen LogP contribution in [0.1, 0.15) is 39.4 Å². The van der Waals surface area contributed by atoms with Gasteiger partial charge in [-0.1, -0.05) is 49.4 Å². The molecule has 0 radical (unpaired) electrons. The van der Waals surface area contributed by atoms with Crippen LogP contribution in [0.3, 0.4) is 0 Å². The van der Waals surface area contributed by atoms with Crippen LogP contribution in [0.4, 0.5) is 10.5 Å². The Balaban J connectivity index is 1.74. The van der Waals surface area contributed by atoms with E-state index in [2.05, 4.69) is 59.4 Å². The molecule has 0 spiro atoms. The molecule has 0 bridgehead atoms. The average Bonchev–Trinajstić information content (AvgIpc) is 3.04. The SMILES string of the molecule is CCc1c(C)sc2c1CCN(C(=O)Nc1ccccc1Br)[C@H]2c1ccccc1. The van der Waals surface area contributed by atoms with E-state index in [1.165, 1.54) is 20.9 Å². The lowest BCUT2D eigenvalue weighted by atomic mass is 9.92. The predicted octanol–water partition coefficient (Wildman–Crippen LogP) is 6.56. The van der Waals surface area contributed by atoms with E-state index in [-0.39, 0.29) is 12.1 Å². The topological polar surface area (TPSA) is 32.3 Å². The number of anilines is 1. The molecule has 1 atom stereocenters. The summed E-state index contributed by atoms with van der Waals surface area (Å²) in [4.78, 5) is 17.9. The van der Waals surface area contributed by atoms with Crippen LogP contribution in [0.2, 0.25) is 0 Å². The first-order valence-corrected chi connectivity index (χ1v) is 11.2. The molecule has 0 fully saturated rings. The number of amides is 2. The summed E-state index contributed by atoms with van der Waals surface area (Å²) >= 11 is 5.37. The van der Waals surface area contributed by atoms with Gasteiger partial charge in [-0.15, -0.1) is 11.3 Å². The normalized spacial score (nSPS) is 16.0. The van der Waals surface area contributed by atoms with E-state index in [1.807, 2.05) is 46.6 Å². The van der Waals surface area contributed by atoms with Crippen LogP contribution in [0.5, 0.6) is 0 Å². The molecule has 2 amide bonds. The van der Waals surface area contributed by atoms with Crippen molar-refractivity contribution in [1.82, 2.24) is 4.90 Å². The van der Waals surface area contributed by atoms with Crippen LogP contribution in [0.25, 0.3) is 0 Å². The molecule has 1 N–H and O–H groups in total. The maximum Gasteiger partial charge on any atom is 0.322 e. The van der Waals surface area contributed by atoms with Gasteiger partial charge in [-0.2, -0.15) is 0 Å². The summed E-state index contributed by atoms with van der Waals surface area (Å²) in [5, 5.41) is 3.09. The summed E-state index contributed by atoms with van der Waals surface area (Å²) in [5.74, 6) is 0. The first-order chi connectivity index (χ1) is 13.6. The van der Waals surface area contributed by atoms with Crippen LogP contribution in [-0.2, 0) is 12.8 Å². The standard InChI is InChI=1S/C23H23BrN2OS/c1-3-17-15(2)28-22-18(17)13-14-26(21(22)16-9-5-4-6-10-16)23(27)25-20-12-8-7-11-19(20)24/h4-12,21H,3,13-14H2,1-2H3,(H,25,27)/t21-/m0/s1. The summed E-state index contributed by atoms with van der Waals surface area (Å²) < 4.78 is 0.887. The van der Waals surface area contributed by atoms with Crippen molar-refractivity contribution in [2.45, 2.75) is 32.7 Å². The molecule has 3 nitrogen and oxygen atoms in total. The molecular weight excluding hydrogens is 432 g/mol. The van der Waals surface area contributed by atoms with Crippen molar-refractivity contribution in [3.63, 3.8) is 0 Å². The molecule has 4 rings (SSSR count). The number of halogens is 1. The minimum Gasteiger partial charge on any atom is -0.312 e. The second kappa shape index (κ2) is 8.10. The molecule has 2 heterocycles. The summed E-state index contributed by atoms with van der Waals surface area (Å²) in [6.45, 7) is 5.14. The molecule has 28 heavy (non-hydrogen) atoms. The number of nitrogens with one attached hydrogen (secondary N) is 1. The first-order valence-electron chi connectivity index (χ1n) is 9.58. The van der Waals surface area contributed by atoms with Crippen LogP contribution in [0.15, 0.2) is 59.1 Å². The van der Waals surface area contributed by atoms with Crippen LogP contribution in [-0.4, -0.2) is 17.5 Å². The summed E-state index contributed by atoms with van der Waals surface area (Å²) in [6.07, 6.45) is 1.96. The number of carbonyl (C=O) groups is 1. The fourth-order valence-electron chi connectivity index (χ4n) is 4.04. The minimum absolute atomic E-state index is 0.0450. The maximum absolute atomic E-state index is 13.3. The van der Waals surface area contributed by atoms with Crippen LogP contribution in [0, 0.1) is 6.92 Å². The second-order valence-electron chi connectivity index (χ2n) is 7.00. The van der Waals surface area contributed by atoms with Gasteiger partial charge in [-0.3, -0.25) is 0 Å². The Morgan fingerprint density at radius 1 is 1.18 bits per heavy atom. The highest BCUT2D eigenvalue weighted by Crippen LogP contribution is 2.43. The Morgan fingerprint density at radius 2 is 1.89 bits per heavy atom. The molecule has 0 saturated carbocycles. The van der Waals surface area contributed by atoms with E-state index < -0.39 is 0 Å². The molecule has 144 valence electrons. The Bertz CT molecular complexity index is 999. The Kier molecular flexibility index (Phi) is 5.56. The third-order valence-electron chi connectivity index (χ3n) is 5.36. The Labute approximate surface area is 178 Å². The van der Waals surface area contributed by atoms with E-state index >= 15 is 0 Å². The van der Waals surface area contributed by atoms with Crippen molar-refractivity contribution in [3.05, 3.63) is 85.5 Å². The lowest BCUT2D eigenvalue weighted by Crippen LogP contribution is -2.42. The minimum atomic E-state index is -0.0597. The highest BCUT2D eigenvalue weighted by Gasteiger charge is 2.35. The number of aryl methyl sites for hydroxylation is 1. The highest BCUT2D eigenvalue weighted by atomic mass is 79.9. The van der Waals surface area contributed by atoms with E-state index in [0.29, 0.717) is 6.54 Å². The molecule has 3 aromatic rings. The monoisotopic (exact) mass is 454 g/mol. The molecule has 1 aliphatic rings. The number of carbonyl (C=O) groups excluding carboxylic acids is 1. The molecule has 0 aliphatic carbocycles. The van der Waals surface area contributed by atoms with Crippen molar-refractivity contribution in [3.8, 4) is 0 Å². The number of nitrogens with zero attached hydrogens (tertiary/aromatic N) is 1. The van der Waals surface area contributed by atoms with Gasteiger partial charge in [0.2, 0.25) is 0 Å². The van der Waals surface area contributed by atoms with Crippen LogP contribution < -0.4 is 5.32 Å². The van der Waals surface area contributed by atoms with E-state index in [9.17, 15) is 4.79 Å². The Morgan fingerprint density at radius 3 is 2.61 bits per heavy atom. The molecule has 5 heteroatoms. The van der Waals surface area contributed by atoms with Gasteiger partial charge in [0.05, 0.1) is 11.7 Å². The first kappa shape index (κ1) is 19.2. The van der Waals surface area contributed by atoms with Gasteiger partial charge in [0.15, 0.2) is 0 Å². The fraction of sp³-hybridized carbons (Fsp3) is 0.261. The van der Waals surface area contributed by atoms with Crippen molar-refractivity contribution in [2.24, 2.45) is 0 Å². The van der Waals surface area contributed by atoms with Gasteiger partial charge in [-0.25, -0.2) is 4.79 Å². The van der Waals surface area contributed by atoms with Gasteiger partial charge >= 0.3 is 6.03 Å². The molecule has 0 saturated heterocycles. The maximum atomic E-state index is 13.3. The number of urea groups is 1. The number of benzene rings is 2. The zero-order valence-corrected chi connectivity index (χ0v) is 18.4. The number of para-hydroxylation sites is 1. The number of hydrogen-bond acceptors (Lipinski definition) is 2. The van der Waals surface area contributed by atoms with Gasteiger partial charge in [0.1, 0.15) is 0 Å². The second-order valence-corrected chi connectivity index (χ2v) is 9.11. The van der Waals surface area contributed by atoms with Crippen molar-refractivity contribution in [1.29, 1.82) is 0 Å². The molecule has 2 aromatic carbocycles. The fourth-order valence-corrected chi connectivity index (χ4v) is 5.87. The lowest BCUT2D eigenvalue weighted by Gasteiger charge is -2.36. The average molecular weight is 455 g/mol. The Hall–Kier alpha value is -2.11. The zero-order valence-electron chi connectivity index (χ0n) is 16.0. The van der Waals surface area contributed by atoms with E-state index in [0.717, 1.165) is 28.6 Å². The summed E-state index contributed by atoms with van der Waals surface area (Å²) in [6, 6.07) is 18.0. The van der Waals surface area contributed by atoms with Crippen molar-refractivity contribution in [2.75, 3.05) is 11.9 Å². The third-order valence-corrected chi connectivity index (χ3v) is 7.29. The van der Waals surface area contributed by atoms with Crippen LogP contribution >= 0.6 is 27.3 Å². The molecule has 1 aliphatic heterocycles.